The van der Waals surface area contributed by atoms with Gasteiger partial charge in [-0.2, -0.15) is 0 Å². The number of carbonyl (C=O) groups excluding carboxylic acids is 17. The highest BCUT2D eigenvalue weighted by Crippen LogP contribution is 2.40. The molecule has 17 amide bonds. The number of nitrogens with zero attached hydrogens (tertiary/aromatic N) is 6. The Morgan fingerprint density at radius 2 is 1.16 bits per heavy atom. The van der Waals surface area contributed by atoms with Crippen molar-refractivity contribution in [3.63, 3.8) is 0 Å². The first kappa shape index (κ1) is 105. The Balaban J connectivity index is 1.10. The molecule has 135 heavy (non-hydrogen) atoms. The molecule has 45 heteroatoms. The molecular weight excluding hydrogens is 1770 g/mol. The number of nitrogens with one attached hydrogen (secondary N) is 15. The summed E-state index contributed by atoms with van der Waals surface area (Å²) in [7, 11) is 6.66. The lowest BCUT2D eigenvalue weighted by Crippen LogP contribution is -2.61. The number of unbranched alkanes of at least 4 members (excludes halogenated alkanes) is 2. The molecule has 0 unspecified atom stereocenters. The van der Waals surface area contributed by atoms with E-state index in [0.717, 1.165) is 36.3 Å². The number of aromatic nitrogens is 4. The molecular formula is C90H126N24O20S. The first-order valence-electron chi connectivity index (χ1n) is 45.0. The number of anilines is 1. The molecule has 0 spiro atoms. The second-order valence-corrected chi connectivity index (χ2v) is 35.3. The molecule has 6 aromatic rings. The number of ether oxygens (including phenoxy) is 2. The maximum Gasteiger partial charge on any atom is 0.250 e. The lowest BCUT2D eigenvalue weighted by molar-refractivity contribution is -0.149. The van der Waals surface area contributed by atoms with Crippen molar-refractivity contribution < 1.29 is 96.1 Å². The van der Waals surface area contributed by atoms with E-state index in [1.165, 1.54) is 66.9 Å². The van der Waals surface area contributed by atoms with E-state index in [1.807, 2.05) is 13.8 Å². The number of guanidine groups is 1. The molecule has 3 aromatic carbocycles. The van der Waals surface area contributed by atoms with Gasteiger partial charge in [0.05, 0.1) is 58.1 Å². The van der Waals surface area contributed by atoms with Gasteiger partial charge in [0.2, 0.25) is 94.5 Å². The average molecular weight is 1900 g/mol. The number of aliphatic hydroxyl groups excluding tert-OH is 1. The summed E-state index contributed by atoms with van der Waals surface area (Å²) >= 11 is 0.777. The zero-order valence-electron chi connectivity index (χ0n) is 77.5. The number of nitrogens with two attached hydrogens (primary N) is 3. The van der Waals surface area contributed by atoms with E-state index in [-0.39, 0.29) is 107 Å². The van der Waals surface area contributed by atoms with Crippen LogP contribution in [0.2, 0.25) is 0 Å². The van der Waals surface area contributed by atoms with Gasteiger partial charge in [-0.25, -0.2) is 4.98 Å². The molecule has 0 aliphatic carbocycles. The molecule has 44 nitrogen and oxygen atoms in total. The quantitative estimate of drug-likeness (QED) is 0.0155. The van der Waals surface area contributed by atoms with Gasteiger partial charge < -0.3 is 125 Å². The number of carbonyl (C=O) groups is 17. The van der Waals surface area contributed by atoms with Crippen molar-refractivity contribution >= 4 is 146 Å². The van der Waals surface area contributed by atoms with Crippen LogP contribution in [0.4, 0.5) is 5.69 Å². The number of amides is 17. The largest absolute Gasteiger partial charge is 0.493 e. The normalized spacial score (nSPS) is 23.4. The van der Waals surface area contributed by atoms with Crippen molar-refractivity contribution in [1.82, 2.24) is 98.0 Å². The maximum atomic E-state index is 15.7. The van der Waals surface area contributed by atoms with Gasteiger partial charge in [0.25, 0.3) is 5.91 Å². The molecule has 9 rings (SSSR count). The van der Waals surface area contributed by atoms with Gasteiger partial charge in [-0.05, 0) is 92.7 Å². The number of likely N-dealkylation sites (N-methyl/N-ethyl adjacent to an activating group) is 3. The number of para-hydroxylation sites is 2. The fraction of sp³-hybridized carbons (Fsp3) is 0.522. The van der Waals surface area contributed by atoms with Gasteiger partial charge in [-0.15, -0.1) is 11.8 Å². The van der Waals surface area contributed by atoms with Gasteiger partial charge in [0, 0.05) is 118 Å². The second-order valence-electron chi connectivity index (χ2n) is 34.3. The van der Waals surface area contributed by atoms with Crippen LogP contribution in [0, 0.1) is 11.3 Å². The summed E-state index contributed by atoms with van der Waals surface area (Å²) in [5.74, 6) is -17.2. The molecule has 3 aliphatic rings. The van der Waals surface area contributed by atoms with E-state index in [4.69, 9.17) is 32.1 Å². The summed E-state index contributed by atoms with van der Waals surface area (Å²) in [5.41, 5.74) is 20.0. The van der Waals surface area contributed by atoms with Gasteiger partial charge in [-0.3, -0.25) is 91.8 Å². The van der Waals surface area contributed by atoms with Crippen LogP contribution in [-0.4, -0.2) is 309 Å². The minimum Gasteiger partial charge on any atom is -0.493 e. The fourth-order valence-corrected chi connectivity index (χ4v) is 17.5. The first-order chi connectivity index (χ1) is 64.4. The molecule has 0 saturated carbocycles. The van der Waals surface area contributed by atoms with E-state index < -0.39 is 223 Å². The van der Waals surface area contributed by atoms with E-state index in [9.17, 15) is 53.1 Å². The highest BCUT2D eigenvalue weighted by Gasteiger charge is 2.46. The van der Waals surface area contributed by atoms with Crippen LogP contribution < -0.4 is 90.1 Å². The average Bonchev–Trinajstić information content (AvgIpc) is 1.59. The Bertz CT molecular complexity index is 5280. The Hall–Kier alpha value is -13.9. The predicted octanol–water partition coefficient (Wildman–Crippen LogP) is -2.23. The van der Waals surface area contributed by atoms with Crippen LogP contribution in [0.5, 0.6) is 11.5 Å². The minimum absolute atomic E-state index is 0.000586. The van der Waals surface area contributed by atoms with Crippen molar-refractivity contribution in [1.29, 1.82) is 5.41 Å². The fourth-order valence-electron chi connectivity index (χ4n) is 16.7. The Kier molecular flexibility index (Phi) is 38.6. The molecule has 0 radical (unpaired) electrons. The number of methoxy groups -OCH3 is 2. The third-order valence-electron chi connectivity index (χ3n) is 23.8. The van der Waals surface area contributed by atoms with Crippen molar-refractivity contribution in [2.24, 2.45) is 23.1 Å². The molecule has 6 heterocycles. The van der Waals surface area contributed by atoms with Crippen molar-refractivity contribution in [2.75, 3.05) is 84.6 Å². The molecule has 3 aliphatic heterocycles. The van der Waals surface area contributed by atoms with Crippen LogP contribution in [0.15, 0.2) is 85.6 Å². The number of aliphatic hydroxyl groups is 1. The number of rotatable bonds is 26. The Morgan fingerprint density at radius 3 is 1.76 bits per heavy atom. The van der Waals surface area contributed by atoms with Crippen LogP contribution in [0.1, 0.15) is 134 Å². The Labute approximate surface area is 784 Å². The van der Waals surface area contributed by atoms with Crippen molar-refractivity contribution in [3.05, 3.63) is 108 Å². The van der Waals surface area contributed by atoms with E-state index >= 15 is 33.6 Å². The lowest BCUT2D eigenvalue weighted by atomic mass is 9.94. The number of aromatic amines is 3. The zero-order valence-corrected chi connectivity index (χ0v) is 78.3. The molecule has 3 aromatic heterocycles. The summed E-state index contributed by atoms with van der Waals surface area (Å²) in [6.45, 7) is 5.84. The van der Waals surface area contributed by atoms with Crippen LogP contribution in [-0.2, 0) is 107 Å². The van der Waals surface area contributed by atoms with E-state index in [2.05, 4.69) is 78.4 Å². The summed E-state index contributed by atoms with van der Waals surface area (Å²) in [6.07, 6.45) is 5.75. The van der Waals surface area contributed by atoms with Gasteiger partial charge in [0.1, 0.15) is 78.5 Å². The van der Waals surface area contributed by atoms with Gasteiger partial charge >= 0.3 is 0 Å². The number of primary amides is 2. The summed E-state index contributed by atoms with van der Waals surface area (Å²) in [4.78, 5) is 269. The predicted molar refractivity (Wildman–Crippen MR) is 497 cm³/mol. The number of imidazole rings is 1. The number of hydrogen-bond acceptors (Lipinski definition) is 23. The number of benzene rings is 3. The SMILES string of the molecule is CCCC[C@H]1C(=O)N(C)[C@@H](CCCC)C(=O)N[C@@H](CCCNC(=N)N)C(=O)N[C@H](C(=O)NCC(N)=O)CSCC(=O)N[C@H]2Cc3cc(OC)c(OC)cc3N(C2=O)[C@@H](C)C(=O)N[C@@H](CC(N)=O)C(=O)N2CCC[C@H]2C(=O)N[C@@H](Cc2cnc[nH]2)C(=O)N[C@@H](CC(C)C)C(=O)N(C)CC(=O)N[C@@H](Cc2c[nH]c3ccccc23)C(=O)N[C@@H](CO)C(=O)N[C@@H](Cc2c[nH]c3ccccc23)C(=O)N1C. The van der Waals surface area contributed by atoms with Gasteiger partial charge in [0.15, 0.2) is 17.5 Å². The highest BCUT2D eigenvalue weighted by molar-refractivity contribution is 8.00. The van der Waals surface area contributed by atoms with Crippen molar-refractivity contribution in [3.8, 4) is 11.5 Å². The molecule has 732 valence electrons. The van der Waals surface area contributed by atoms with Crippen molar-refractivity contribution in [2.45, 2.75) is 216 Å². The number of H-pyrrole nitrogens is 3. The summed E-state index contributed by atoms with van der Waals surface area (Å²) in [6, 6.07) is -3.00. The third-order valence-corrected chi connectivity index (χ3v) is 24.9. The van der Waals surface area contributed by atoms with E-state index in [1.54, 1.807) is 74.8 Å². The molecule has 2 fully saturated rings. The number of fused-ring (bicyclic) bond motifs is 7. The minimum atomic E-state index is -1.86. The summed E-state index contributed by atoms with van der Waals surface area (Å²) in [5, 5.41) is 49.5. The molecule has 22 N–H and O–H groups in total. The van der Waals surface area contributed by atoms with E-state index in [0.29, 0.717) is 69.9 Å². The smallest absolute Gasteiger partial charge is 0.250 e. The monoisotopic (exact) mass is 1890 g/mol. The van der Waals surface area contributed by atoms with Crippen LogP contribution >= 0.6 is 11.8 Å². The maximum absolute atomic E-state index is 15.7. The zero-order chi connectivity index (χ0) is 98.6. The second kappa shape index (κ2) is 49.7. The standard InChI is InChI=1S/C90H126N24O20S/c1-11-13-26-67-83(126)103-58(25-19-29-96-90(93)94)79(122)109-66(78(121)99-42-74(92)117)45-135-46-76(119)102-63-32-50-35-71(133-9)72(134-10)38-70(50)114(88(63)131)49(5)77(120)105-64(37-73(91)116)87(130)113-30-20-28-68(113)84(127)104-60(36-53-41-95-47-100-53)81(124)106-61(31-48(3)4)85(128)110(6)43-75(118)101-59(33-51-39-97-56-23-17-15-21-54(51)56)80(123)108-65(44-115)82(125)107-62(34-52-40-98-57-24-18-16-22-55(52)57)86(129)112(8)69(27-14-12-2)89(132)111(67)7/h15-18,21-24,35,38-41,47-49,58-69,97-98,115H,11-14,19-20,25-34,36-37,42-46H2,1-10H3,(H2,91,116)(H2,92,117)(H,95,100)(H,99,121)(H,101,118)(H,102,119)(H,103,126)(H,104,127)(H,105,120)(H,106,124)(H,107,125)(H,108,123)(H,109,122)(H4,93,94,96)/t49-,58-,59-,60-,61-,62-,63-,64-,65-,66-,67-,68-,69-/m0/s1. The highest BCUT2D eigenvalue weighted by atomic mass is 32.2. The first-order valence-corrected chi connectivity index (χ1v) is 46.1. The number of thioether (sulfide) groups is 1. The topological polar surface area (TPSA) is 640 Å². The molecule has 2 saturated heterocycles. The third kappa shape index (κ3) is 28.4. The molecule has 13 atom stereocenters. The summed E-state index contributed by atoms with van der Waals surface area (Å²) < 4.78 is 11.2. The Morgan fingerprint density at radius 1 is 0.593 bits per heavy atom. The van der Waals surface area contributed by atoms with Crippen LogP contribution in [0.25, 0.3) is 21.8 Å². The molecule has 2 bridgehead atoms. The number of hydrogen-bond donors (Lipinski definition) is 19. The van der Waals surface area contributed by atoms with Gasteiger partial charge in [-0.1, -0.05) is 89.8 Å². The van der Waals surface area contributed by atoms with Crippen LogP contribution in [0.3, 0.4) is 0 Å². The lowest BCUT2D eigenvalue weighted by Gasteiger charge is -2.38.